The molecule has 1 N–H and O–H groups in total. The molecule has 0 atom stereocenters. The van der Waals surface area contributed by atoms with Crippen LogP contribution in [0.4, 0.5) is 0 Å². The zero-order valence-corrected chi connectivity index (χ0v) is 18.6. The third-order valence-corrected chi connectivity index (χ3v) is 6.19. The number of hydrogen-bond donors (Lipinski definition) is 1. The summed E-state index contributed by atoms with van der Waals surface area (Å²) in [5.41, 5.74) is 7.75. The Morgan fingerprint density at radius 2 is 1.29 bits per heavy atom. The predicted molar refractivity (Wildman–Crippen MR) is 142 cm³/mol. The lowest BCUT2D eigenvalue weighted by molar-refractivity contribution is 1.09. The number of rotatable bonds is 5. The first-order valence-corrected chi connectivity index (χ1v) is 11.5. The smallest absolute Gasteiger partial charge is 0.149 e. The van der Waals surface area contributed by atoms with E-state index in [9.17, 15) is 0 Å². The number of nitrogens with one attached hydrogen (secondary N) is 1. The van der Waals surface area contributed by atoms with Crippen LogP contribution in [0.25, 0.3) is 44.1 Å². The van der Waals surface area contributed by atoms with Crippen molar-refractivity contribution in [2.24, 2.45) is 4.99 Å². The molecule has 3 nitrogen and oxygen atoms in total. The van der Waals surface area contributed by atoms with Crippen LogP contribution in [0, 0.1) is 0 Å². The fraction of sp³-hybridized carbons (Fsp3) is 0.0323. The minimum absolute atomic E-state index is 0.607. The summed E-state index contributed by atoms with van der Waals surface area (Å²) < 4.78 is 0. The molecule has 0 fully saturated rings. The van der Waals surface area contributed by atoms with Gasteiger partial charge >= 0.3 is 0 Å². The molecule has 0 unspecified atom stereocenters. The van der Waals surface area contributed by atoms with Gasteiger partial charge in [0.15, 0.2) is 0 Å². The Morgan fingerprint density at radius 3 is 2.09 bits per heavy atom. The number of imidazole rings is 1. The zero-order valence-electron chi connectivity index (χ0n) is 18.6. The molecule has 6 aromatic rings. The van der Waals surface area contributed by atoms with Gasteiger partial charge in [-0.05, 0) is 27.5 Å². The van der Waals surface area contributed by atoms with Crippen molar-refractivity contribution in [2.75, 3.05) is 0 Å². The van der Waals surface area contributed by atoms with E-state index in [0.29, 0.717) is 6.54 Å². The summed E-state index contributed by atoms with van der Waals surface area (Å²) in [6, 6.07) is 40.0. The van der Waals surface area contributed by atoms with Gasteiger partial charge in [-0.15, -0.1) is 0 Å². The quantitative estimate of drug-likeness (QED) is 0.276. The highest BCUT2D eigenvalue weighted by Gasteiger charge is 2.13. The van der Waals surface area contributed by atoms with E-state index in [1.807, 2.05) is 18.3 Å². The molecule has 0 spiro atoms. The molecule has 1 heterocycles. The van der Waals surface area contributed by atoms with Crippen LogP contribution in [0.3, 0.4) is 0 Å². The molecular formula is C31H23N3. The van der Waals surface area contributed by atoms with Crippen LogP contribution in [0.1, 0.15) is 11.4 Å². The molecule has 0 radical (unpaired) electrons. The van der Waals surface area contributed by atoms with Crippen LogP contribution >= 0.6 is 0 Å². The Labute approximate surface area is 198 Å². The summed E-state index contributed by atoms with van der Waals surface area (Å²) in [7, 11) is 0. The van der Waals surface area contributed by atoms with Gasteiger partial charge in [-0.2, -0.15) is 0 Å². The first-order valence-electron chi connectivity index (χ1n) is 11.5. The highest BCUT2D eigenvalue weighted by atomic mass is 14.9. The summed E-state index contributed by atoms with van der Waals surface area (Å²) in [5.74, 6) is 0.760. The van der Waals surface area contributed by atoms with E-state index in [4.69, 9.17) is 9.98 Å². The SMILES string of the molecule is C(=NCc1cccc2ccccc12)c1nc2c(-c3ccccc3)ccc(-c3ccccc3)c2[nH]1. The molecule has 5 aromatic carbocycles. The predicted octanol–water partition coefficient (Wildman–Crippen LogP) is 7.67. The van der Waals surface area contributed by atoms with Crippen LogP contribution in [0.15, 0.2) is 120 Å². The normalized spacial score (nSPS) is 11.5. The molecule has 0 aliphatic heterocycles. The van der Waals surface area contributed by atoms with Crippen molar-refractivity contribution in [3.05, 3.63) is 127 Å². The number of fused-ring (bicyclic) bond motifs is 2. The fourth-order valence-corrected chi connectivity index (χ4v) is 4.54. The molecular weight excluding hydrogens is 414 g/mol. The van der Waals surface area contributed by atoms with Gasteiger partial charge in [-0.1, -0.05) is 115 Å². The van der Waals surface area contributed by atoms with Gasteiger partial charge in [0.1, 0.15) is 5.82 Å². The van der Waals surface area contributed by atoms with E-state index in [2.05, 4.69) is 108 Å². The number of aliphatic imine (C=N–C) groups is 1. The summed E-state index contributed by atoms with van der Waals surface area (Å²) in [6.45, 7) is 0.607. The highest BCUT2D eigenvalue weighted by Crippen LogP contribution is 2.34. The van der Waals surface area contributed by atoms with E-state index in [1.54, 1.807) is 0 Å². The molecule has 3 heteroatoms. The van der Waals surface area contributed by atoms with Crippen molar-refractivity contribution in [3.8, 4) is 22.3 Å². The second kappa shape index (κ2) is 8.80. The summed E-state index contributed by atoms with van der Waals surface area (Å²) in [5, 5.41) is 2.48. The molecule has 1 aromatic heterocycles. The van der Waals surface area contributed by atoms with Gasteiger partial charge in [0.2, 0.25) is 0 Å². The standard InChI is InChI=1S/C31H23N3/c1-3-10-23(11-4-1)27-18-19-28(24-12-5-2-6-13-24)31-30(27)33-29(34-31)21-32-20-25-16-9-15-22-14-7-8-17-26(22)25/h1-19,21H,20H2,(H,33,34). The number of benzene rings is 5. The van der Waals surface area contributed by atoms with Gasteiger partial charge in [0.25, 0.3) is 0 Å². The summed E-state index contributed by atoms with van der Waals surface area (Å²) >= 11 is 0. The third-order valence-electron chi connectivity index (χ3n) is 6.19. The molecule has 0 bridgehead atoms. The molecule has 0 aliphatic rings. The average molecular weight is 438 g/mol. The number of aromatic amines is 1. The Bertz CT molecular complexity index is 1530. The van der Waals surface area contributed by atoms with Crippen LogP contribution in [-0.4, -0.2) is 16.2 Å². The largest absolute Gasteiger partial charge is 0.337 e. The molecule has 34 heavy (non-hydrogen) atoms. The molecule has 0 aliphatic carbocycles. The van der Waals surface area contributed by atoms with Crippen LogP contribution in [-0.2, 0) is 6.54 Å². The van der Waals surface area contributed by atoms with Gasteiger partial charge in [-0.25, -0.2) is 4.98 Å². The van der Waals surface area contributed by atoms with E-state index < -0.39 is 0 Å². The van der Waals surface area contributed by atoms with Gasteiger partial charge in [0.05, 0.1) is 23.8 Å². The first-order chi connectivity index (χ1) is 16.9. The third kappa shape index (κ3) is 3.78. The summed E-state index contributed by atoms with van der Waals surface area (Å²) in [6.07, 6.45) is 1.85. The van der Waals surface area contributed by atoms with E-state index in [0.717, 1.165) is 39.1 Å². The van der Waals surface area contributed by atoms with Crippen molar-refractivity contribution in [1.82, 2.24) is 9.97 Å². The Balaban J connectivity index is 1.42. The second-order valence-corrected chi connectivity index (χ2v) is 8.35. The molecule has 0 amide bonds. The number of hydrogen-bond acceptors (Lipinski definition) is 2. The second-order valence-electron chi connectivity index (χ2n) is 8.35. The van der Waals surface area contributed by atoms with Gasteiger partial charge in [-0.3, -0.25) is 4.99 Å². The topological polar surface area (TPSA) is 41.0 Å². The number of H-pyrrole nitrogens is 1. The maximum atomic E-state index is 4.96. The van der Waals surface area contributed by atoms with Crippen molar-refractivity contribution in [2.45, 2.75) is 6.54 Å². The Morgan fingerprint density at radius 1 is 0.647 bits per heavy atom. The maximum Gasteiger partial charge on any atom is 0.149 e. The summed E-state index contributed by atoms with van der Waals surface area (Å²) in [4.78, 5) is 13.2. The zero-order chi connectivity index (χ0) is 22.7. The van der Waals surface area contributed by atoms with E-state index >= 15 is 0 Å². The van der Waals surface area contributed by atoms with Gasteiger partial charge in [0, 0.05) is 11.1 Å². The molecule has 6 rings (SSSR count). The fourth-order valence-electron chi connectivity index (χ4n) is 4.54. The molecule has 0 saturated heterocycles. The highest BCUT2D eigenvalue weighted by molar-refractivity contribution is 6.02. The van der Waals surface area contributed by atoms with Crippen molar-refractivity contribution in [3.63, 3.8) is 0 Å². The molecule has 162 valence electrons. The Hall–Kier alpha value is -4.50. The van der Waals surface area contributed by atoms with Crippen LogP contribution < -0.4 is 0 Å². The first kappa shape index (κ1) is 20.1. The lowest BCUT2D eigenvalue weighted by Crippen LogP contribution is -1.88. The van der Waals surface area contributed by atoms with Crippen molar-refractivity contribution >= 4 is 28.0 Å². The minimum atomic E-state index is 0.607. The maximum absolute atomic E-state index is 4.96. The number of aromatic nitrogens is 2. The Kier molecular flexibility index (Phi) is 5.21. The minimum Gasteiger partial charge on any atom is -0.337 e. The van der Waals surface area contributed by atoms with E-state index in [-0.39, 0.29) is 0 Å². The van der Waals surface area contributed by atoms with E-state index in [1.165, 1.54) is 16.3 Å². The lowest BCUT2D eigenvalue weighted by Gasteiger charge is -2.07. The van der Waals surface area contributed by atoms with Crippen LogP contribution in [0.5, 0.6) is 0 Å². The van der Waals surface area contributed by atoms with Crippen molar-refractivity contribution < 1.29 is 0 Å². The van der Waals surface area contributed by atoms with Crippen LogP contribution in [0.2, 0.25) is 0 Å². The van der Waals surface area contributed by atoms with Crippen molar-refractivity contribution in [1.29, 1.82) is 0 Å². The van der Waals surface area contributed by atoms with Gasteiger partial charge < -0.3 is 4.98 Å². The molecule has 0 saturated carbocycles. The lowest BCUT2D eigenvalue weighted by atomic mass is 9.98. The average Bonchev–Trinajstić information content (AvgIpc) is 3.33. The monoisotopic (exact) mass is 437 g/mol. The number of nitrogens with zero attached hydrogens (tertiary/aromatic N) is 2.